The predicted octanol–water partition coefficient (Wildman–Crippen LogP) is 7.78. The number of carbonyl (C=O) groups is 3. The third-order valence-electron chi connectivity index (χ3n) is 22.0. The molecular weight excluding hydrogens is 965 g/mol. The summed E-state index contributed by atoms with van der Waals surface area (Å²) in [4.78, 5) is 48.6. The van der Waals surface area contributed by atoms with Gasteiger partial charge in [0.25, 0.3) is 5.60 Å². The molecule has 0 amide bonds. The molecule has 6 aliphatic carbocycles. The van der Waals surface area contributed by atoms with Crippen molar-refractivity contribution >= 4 is 17.5 Å². The molecule has 6 aliphatic heterocycles. The Balaban J connectivity index is 0.956. The number of likely N-dealkylation sites (N-methyl/N-ethyl adjacent to an activating group) is 1. The van der Waals surface area contributed by atoms with Crippen LogP contribution in [-0.2, 0) is 20.7 Å². The van der Waals surface area contributed by atoms with Crippen LogP contribution in [0.15, 0.2) is 99.6 Å². The largest absolute Gasteiger partial charge is 0.459 e. The number of aliphatic hydroxyl groups excluding tert-OH is 2. The molecule has 11 bridgehead atoms. The molecule has 13 heteroatoms. The first-order valence-electron chi connectivity index (χ1n) is 30.0. The van der Waals surface area contributed by atoms with Crippen LogP contribution >= 0.6 is 0 Å². The maximum absolute atomic E-state index is 16.3. The Hall–Kier alpha value is -4.63. The maximum atomic E-state index is 16.3. The number of carbonyl (C=O) groups excluding carboxylic acids is 3. The van der Waals surface area contributed by atoms with E-state index in [0.717, 1.165) is 118 Å². The summed E-state index contributed by atoms with van der Waals surface area (Å²) in [5, 5.41) is 41.8. The van der Waals surface area contributed by atoms with Gasteiger partial charge in [-0.1, -0.05) is 80.8 Å². The number of aliphatic hydroxyl groups is 2. The number of hydrogen-bond acceptors (Lipinski definition) is 13. The van der Waals surface area contributed by atoms with Gasteiger partial charge in [-0.25, -0.2) is 4.79 Å². The van der Waals surface area contributed by atoms with Gasteiger partial charge in [-0.3, -0.25) is 9.59 Å². The van der Waals surface area contributed by atoms with Crippen LogP contribution < -0.4 is 32.3 Å². The molecule has 13 rings (SSSR count). The van der Waals surface area contributed by atoms with Crippen LogP contribution in [-0.4, -0.2) is 95.8 Å². The van der Waals surface area contributed by atoms with E-state index in [9.17, 15) is 10.2 Å². The monoisotopic (exact) mass is 1050 g/mol. The second-order valence-electron chi connectivity index (χ2n) is 26.4. The van der Waals surface area contributed by atoms with Crippen molar-refractivity contribution in [2.45, 2.75) is 178 Å². The van der Waals surface area contributed by atoms with Crippen LogP contribution in [0.25, 0.3) is 0 Å². The fourth-order valence-electron chi connectivity index (χ4n) is 18.3. The van der Waals surface area contributed by atoms with E-state index in [0.29, 0.717) is 49.6 Å². The summed E-state index contributed by atoms with van der Waals surface area (Å²) in [5.74, 6) is 0.548. The number of fused-ring (bicyclic) bond motifs is 3. The Labute approximate surface area is 455 Å². The predicted molar refractivity (Wildman–Crippen MR) is 296 cm³/mol. The van der Waals surface area contributed by atoms with Crippen molar-refractivity contribution < 1.29 is 34.1 Å². The number of esters is 1. The molecular formula is C64H84N6O7. The maximum Gasteiger partial charge on any atom is 0.350 e. The highest BCUT2D eigenvalue weighted by molar-refractivity contribution is 6.33. The number of ketones is 2. The van der Waals surface area contributed by atoms with Crippen LogP contribution in [0, 0.1) is 52.8 Å². The van der Waals surface area contributed by atoms with E-state index >= 15 is 14.4 Å². The van der Waals surface area contributed by atoms with Gasteiger partial charge in [-0.05, 0) is 197 Å². The minimum atomic E-state index is -2.26. The van der Waals surface area contributed by atoms with E-state index in [1.54, 1.807) is 6.07 Å². The minimum absolute atomic E-state index is 0.0759. The average Bonchev–Trinajstić information content (AvgIpc) is 3.94. The molecule has 3 saturated carbocycles. The number of hydrogen-bond donors (Lipinski definition) is 8. The van der Waals surface area contributed by atoms with E-state index in [4.69, 9.17) is 15.2 Å². The first-order chi connectivity index (χ1) is 37.2. The van der Waals surface area contributed by atoms with E-state index in [-0.39, 0.29) is 77.4 Å². The molecule has 412 valence electrons. The summed E-state index contributed by atoms with van der Waals surface area (Å²) >= 11 is 0. The van der Waals surface area contributed by atoms with Crippen molar-refractivity contribution in [2.24, 2.45) is 58.5 Å². The Kier molecular flexibility index (Phi) is 13.2. The molecule has 1 spiro atoms. The zero-order chi connectivity index (χ0) is 53.2. The van der Waals surface area contributed by atoms with Crippen LogP contribution in [0.3, 0.4) is 0 Å². The summed E-state index contributed by atoms with van der Waals surface area (Å²) in [6.07, 6.45) is 26.9. The number of dihydropyridines is 2. The summed E-state index contributed by atoms with van der Waals surface area (Å²) in [6, 6.07) is 5.62. The number of benzene rings is 1. The van der Waals surface area contributed by atoms with Crippen molar-refractivity contribution in [2.75, 3.05) is 26.7 Å². The molecule has 9 N–H and O–H groups in total. The number of nitrogens with two attached hydrogens (primary N) is 1. The molecule has 1 aromatic carbocycles. The van der Waals surface area contributed by atoms with E-state index in [1.165, 1.54) is 16.7 Å². The third-order valence-corrected chi connectivity index (χ3v) is 22.0. The highest BCUT2D eigenvalue weighted by atomic mass is 16.7. The molecule has 13 nitrogen and oxygen atoms in total. The number of Topliss-reactive ketones (excluding diaryl/α,β-unsaturated/α-hetero) is 2. The number of rotatable bonds is 8. The second kappa shape index (κ2) is 19.6. The van der Waals surface area contributed by atoms with Crippen LogP contribution in [0.1, 0.15) is 156 Å². The second-order valence-corrected chi connectivity index (χ2v) is 26.4. The highest BCUT2D eigenvalue weighted by Crippen LogP contribution is 2.63. The first-order valence-corrected chi connectivity index (χ1v) is 30.0. The number of allylic oxidation sites excluding steroid dienone is 8. The van der Waals surface area contributed by atoms with E-state index in [2.05, 4.69) is 77.0 Å². The average molecular weight is 1050 g/mol. The normalized spacial score (nSPS) is 41.9. The van der Waals surface area contributed by atoms with Gasteiger partial charge in [-0.2, -0.15) is 0 Å². The fraction of sp³-hybridized carbons (Fsp3) is 0.641. The van der Waals surface area contributed by atoms with Gasteiger partial charge in [-0.15, -0.1) is 0 Å². The lowest BCUT2D eigenvalue weighted by Crippen LogP contribution is -2.66. The summed E-state index contributed by atoms with van der Waals surface area (Å²) < 4.78 is 14.2. The lowest BCUT2D eigenvalue weighted by Gasteiger charge is -2.60. The molecule has 0 radical (unpaired) electrons. The Bertz CT molecular complexity index is 2860. The molecule has 1 saturated heterocycles. The van der Waals surface area contributed by atoms with Crippen molar-refractivity contribution in [3.8, 4) is 0 Å². The van der Waals surface area contributed by atoms with Gasteiger partial charge >= 0.3 is 5.97 Å². The molecule has 4 fully saturated rings. The van der Waals surface area contributed by atoms with Gasteiger partial charge in [0.1, 0.15) is 11.9 Å². The molecule has 1 unspecified atom stereocenters. The summed E-state index contributed by atoms with van der Waals surface area (Å²) in [7, 11) is 2.00. The zero-order valence-corrected chi connectivity index (χ0v) is 46.0. The van der Waals surface area contributed by atoms with Crippen molar-refractivity contribution in [1.29, 1.82) is 0 Å². The third kappa shape index (κ3) is 8.39. The Morgan fingerprint density at radius 2 is 1.87 bits per heavy atom. The Morgan fingerprint density at radius 1 is 1.00 bits per heavy atom. The highest BCUT2D eigenvalue weighted by Gasteiger charge is 2.86. The number of nitrogens with one attached hydrogen (secondary N) is 5. The fourth-order valence-corrected chi connectivity index (χ4v) is 18.3. The van der Waals surface area contributed by atoms with Crippen molar-refractivity contribution in [1.82, 2.24) is 26.6 Å². The molecule has 16 atom stereocenters. The van der Waals surface area contributed by atoms with Crippen molar-refractivity contribution in [3.05, 3.63) is 116 Å². The number of ether oxygens (including phenoxy) is 2. The molecule has 77 heavy (non-hydrogen) atoms. The lowest BCUT2D eigenvalue weighted by molar-refractivity contribution is -0.180. The van der Waals surface area contributed by atoms with Crippen molar-refractivity contribution in [3.63, 3.8) is 0 Å². The van der Waals surface area contributed by atoms with Gasteiger partial charge < -0.3 is 52.0 Å². The standard InChI is InChI=1S/C64H84N6O7/c1-5-69-62-30-42-12-8-11-37-10-6-7-20-61(3)28-36-23-41(58(65)68-33-36)18-16-39-24-45(72)26-49(50(39)32-62)55(51(62)27-48(37)42)76-60(75)64-57(74)53-43(29-61)13-9-14-47(53)56(73)63(64,77-64)31-44(34-71)35(2)22-38-15-17-40-25-52(66-4)70-59-54(40)46(38)19-21-67-59/h8-9,12-14,19,23,30,33,37-40,45,48-52,55,58,66-72H,5-7,10-11,15-18,20-22,24-29,31-32,34,65H2,1-4H3/b44-35-/t37-,38-,39-,40+,45+,48-,49+,50+,51+,52-,55+,58?,61+,62+,63-,64-/m0/s1. The molecule has 1 aromatic rings. The Morgan fingerprint density at radius 3 is 2.70 bits per heavy atom. The molecule has 12 aliphatic rings. The molecule has 6 heterocycles. The summed E-state index contributed by atoms with van der Waals surface area (Å²) in [5.41, 5.74) is 11.1. The van der Waals surface area contributed by atoms with Crippen LogP contribution in [0.5, 0.6) is 0 Å². The van der Waals surface area contributed by atoms with Gasteiger partial charge in [0, 0.05) is 47.7 Å². The van der Waals surface area contributed by atoms with Gasteiger partial charge in [0.2, 0.25) is 5.78 Å². The smallest absolute Gasteiger partial charge is 0.350 e. The number of epoxide rings is 1. The summed E-state index contributed by atoms with van der Waals surface area (Å²) in [6.45, 7) is 7.62. The minimum Gasteiger partial charge on any atom is -0.459 e. The van der Waals surface area contributed by atoms with E-state index < -0.39 is 46.5 Å². The van der Waals surface area contributed by atoms with Gasteiger partial charge in [0.05, 0.1) is 25.0 Å². The quantitative estimate of drug-likeness (QED) is 0.0544. The molecule has 0 aromatic heterocycles. The van der Waals surface area contributed by atoms with Crippen LogP contribution in [0.2, 0.25) is 0 Å². The van der Waals surface area contributed by atoms with E-state index in [1.807, 2.05) is 26.1 Å². The van der Waals surface area contributed by atoms with Gasteiger partial charge in [0.15, 0.2) is 11.4 Å². The topological polar surface area (TPSA) is 200 Å². The first kappa shape index (κ1) is 51.8. The SMILES string of the molecule is CCN[C@]12C=C3C=CC[C@@H]4CCCC[C@]5(C)CC6=CNC(N)C(=C6)CC[C@H]6C[C@@H](O)C[C@H]([C@@H]6C1)[C@@H](OC(=O)[C@]16O[C@@]1(C/C(CO)=C(\C)C[C@@H]1CC[C@@H]7C[C@@H](NC)NC8=C7C1=CCN8)C(=O)c1cccc(c1C6=O)C5)[C@H]2C[C@H]34. The zero-order valence-electron chi connectivity index (χ0n) is 46.0. The van der Waals surface area contributed by atoms with Crippen LogP contribution in [0.4, 0.5) is 0 Å². The lowest BCUT2D eigenvalue weighted by atomic mass is 9.50.